The highest BCUT2D eigenvalue weighted by molar-refractivity contribution is 5.58. The van der Waals surface area contributed by atoms with Gasteiger partial charge in [0.1, 0.15) is 5.82 Å². The fraction of sp³-hybridized carbons (Fsp3) is 0.133. The van der Waals surface area contributed by atoms with E-state index in [1.165, 1.54) is 12.0 Å². The summed E-state index contributed by atoms with van der Waals surface area (Å²) in [6.45, 7) is 1.86. The van der Waals surface area contributed by atoms with Crippen molar-refractivity contribution in [3.8, 4) is 11.3 Å². The lowest BCUT2D eigenvalue weighted by atomic mass is 10.1. The zero-order valence-electron chi connectivity index (χ0n) is 10.6. The predicted octanol–water partition coefficient (Wildman–Crippen LogP) is 3.03. The minimum Gasteiger partial charge on any atom is -0.443 e. The van der Waals surface area contributed by atoms with E-state index in [-0.39, 0.29) is 0 Å². The van der Waals surface area contributed by atoms with Crippen LogP contribution in [-0.2, 0) is 6.42 Å². The van der Waals surface area contributed by atoms with Gasteiger partial charge in [-0.3, -0.25) is 0 Å². The number of hydrogen-bond acceptors (Lipinski definition) is 4. The van der Waals surface area contributed by atoms with Gasteiger partial charge in [0.25, 0.3) is 0 Å². The van der Waals surface area contributed by atoms with Crippen LogP contribution in [0.5, 0.6) is 0 Å². The molecule has 0 saturated heterocycles. The van der Waals surface area contributed by atoms with Crippen molar-refractivity contribution in [2.24, 2.45) is 0 Å². The molecule has 4 heteroatoms. The Morgan fingerprint density at radius 1 is 1.00 bits per heavy atom. The second kappa shape index (κ2) is 5.02. The van der Waals surface area contributed by atoms with Crippen molar-refractivity contribution in [2.45, 2.75) is 13.3 Å². The van der Waals surface area contributed by atoms with Gasteiger partial charge in [-0.2, -0.15) is 0 Å². The largest absolute Gasteiger partial charge is 0.443 e. The molecule has 1 aromatic carbocycles. The molecule has 94 valence electrons. The SMILES string of the molecule is Cc1ncc(-c2ocnc2Cc2ccccc2)cn1. The average molecular weight is 251 g/mol. The van der Waals surface area contributed by atoms with Gasteiger partial charge in [-0.1, -0.05) is 30.3 Å². The van der Waals surface area contributed by atoms with E-state index < -0.39 is 0 Å². The van der Waals surface area contributed by atoms with Crippen LogP contribution in [0.2, 0.25) is 0 Å². The van der Waals surface area contributed by atoms with Gasteiger partial charge in [-0.15, -0.1) is 0 Å². The number of rotatable bonds is 3. The quantitative estimate of drug-likeness (QED) is 0.718. The third-order valence-corrected chi connectivity index (χ3v) is 2.90. The summed E-state index contributed by atoms with van der Waals surface area (Å²) >= 11 is 0. The maximum absolute atomic E-state index is 5.47. The molecule has 0 bridgehead atoms. The van der Waals surface area contributed by atoms with E-state index >= 15 is 0 Å². The van der Waals surface area contributed by atoms with Gasteiger partial charge in [0, 0.05) is 18.8 Å². The van der Waals surface area contributed by atoms with Crippen LogP contribution in [0.1, 0.15) is 17.1 Å². The van der Waals surface area contributed by atoms with Crippen LogP contribution in [0.3, 0.4) is 0 Å². The lowest BCUT2D eigenvalue weighted by molar-refractivity contribution is 0.570. The third kappa shape index (κ3) is 2.52. The Balaban J connectivity index is 1.92. The monoisotopic (exact) mass is 251 g/mol. The van der Waals surface area contributed by atoms with E-state index in [1.54, 1.807) is 12.4 Å². The van der Waals surface area contributed by atoms with Crippen LogP contribution >= 0.6 is 0 Å². The fourth-order valence-corrected chi connectivity index (χ4v) is 1.93. The highest BCUT2D eigenvalue weighted by Crippen LogP contribution is 2.23. The van der Waals surface area contributed by atoms with Crippen molar-refractivity contribution in [2.75, 3.05) is 0 Å². The standard InChI is InChI=1S/C15H13N3O/c1-11-16-8-13(9-17-11)15-14(18-10-19-15)7-12-5-3-2-4-6-12/h2-6,8-10H,7H2,1H3. The van der Waals surface area contributed by atoms with Crippen molar-refractivity contribution in [3.05, 3.63) is 66.2 Å². The van der Waals surface area contributed by atoms with Crippen LogP contribution in [0.15, 0.2) is 53.5 Å². The summed E-state index contributed by atoms with van der Waals surface area (Å²) in [5, 5.41) is 0. The molecule has 0 radical (unpaired) electrons. The normalized spacial score (nSPS) is 10.6. The van der Waals surface area contributed by atoms with Crippen molar-refractivity contribution in [1.29, 1.82) is 0 Å². The van der Waals surface area contributed by atoms with E-state index in [2.05, 4.69) is 27.1 Å². The average Bonchev–Trinajstić information content (AvgIpc) is 2.89. The number of oxazole rings is 1. The van der Waals surface area contributed by atoms with Crippen molar-refractivity contribution in [1.82, 2.24) is 15.0 Å². The van der Waals surface area contributed by atoms with E-state index in [0.29, 0.717) is 0 Å². The molecule has 0 amide bonds. The molecule has 0 aliphatic carbocycles. The van der Waals surface area contributed by atoms with Gasteiger partial charge in [0.2, 0.25) is 0 Å². The molecule has 0 saturated carbocycles. The summed E-state index contributed by atoms with van der Waals surface area (Å²) < 4.78 is 5.47. The molecule has 0 aliphatic rings. The number of aryl methyl sites for hydroxylation is 1. The summed E-state index contributed by atoms with van der Waals surface area (Å²) in [4.78, 5) is 12.7. The first-order chi connectivity index (χ1) is 9.33. The summed E-state index contributed by atoms with van der Waals surface area (Å²) in [5.74, 6) is 1.48. The Kier molecular flexibility index (Phi) is 3.06. The molecular formula is C15H13N3O. The molecule has 0 atom stereocenters. The fourth-order valence-electron chi connectivity index (χ4n) is 1.93. The number of hydrogen-bond donors (Lipinski definition) is 0. The highest BCUT2D eigenvalue weighted by Gasteiger charge is 2.12. The topological polar surface area (TPSA) is 51.8 Å². The Hall–Kier alpha value is -2.49. The van der Waals surface area contributed by atoms with Gasteiger partial charge in [-0.25, -0.2) is 15.0 Å². The third-order valence-electron chi connectivity index (χ3n) is 2.90. The van der Waals surface area contributed by atoms with E-state index in [1.807, 2.05) is 25.1 Å². The van der Waals surface area contributed by atoms with Crippen LogP contribution in [0.25, 0.3) is 11.3 Å². The molecule has 0 aliphatic heterocycles. The molecule has 3 rings (SSSR count). The van der Waals surface area contributed by atoms with Gasteiger partial charge >= 0.3 is 0 Å². The summed E-state index contributed by atoms with van der Waals surface area (Å²) in [5.41, 5.74) is 2.96. The molecule has 4 nitrogen and oxygen atoms in total. The van der Waals surface area contributed by atoms with Crippen LogP contribution < -0.4 is 0 Å². The molecule has 3 aromatic rings. The van der Waals surface area contributed by atoms with Crippen LogP contribution in [0.4, 0.5) is 0 Å². The van der Waals surface area contributed by atoms with E-state index in [9.17, 15) is 0 Å². The van der Waals surface area contributed by atoms with Gasteiger partial charge in [0.05, 0.1) is 11.3 Å². The minimum absolute atomic E-state index is 0.737. The molecular weight excluding hydrogens is 238 g/mol. The summed E-state index contributed by atoms with van der Waals surface area (Å²) in [7, 11) is 0. The number of benzene rings is 1. The predicted molar refractivity (Wildman–Crippen MR) is 71.5 cm³/mol. The van der Waals surface area contributed by atoms with Gasteiger partial charge in [0.15, 0.2) is 12.2 Å². The first-order valence-electron chi connectivity index (χ1n) is 6.08. The van der Waals surface area contributed by atoms with Gasteiger partial charge < -0.3 is 4.42 Å². The Bertz CT molecular complexity index is 659. The molecule has 0 N–H and O–H groups in total. The lowest BCUT2D eigenvalue weighted by Crippen LogP contribution is -1.93. The maximum atomic E-state index is 5.47. The molecule has 2 heterocycles. The van der Waals surface area contributed by atoms with E-state index in [4.69, 9.17) is 4.42 Å². The molecule has 19 heavy (non-hydrogen) atoms. The second-order valence-corrected chi connectivity index (χ2v) is 4.31. The molecule has 0 spiro atoms. The Morgan fingerprint density at radius 2 is 1.74 bits per heavy atom. The van der Waals surface area contributed by atoms with Crippen molar-refractivity contribution in [3.63, 3.8) is 0 Å². The summed E-state index contributed by atoms with van der Waals surface area (Å²) in [6, 6.07) is 10.2. The summed E-state index contributed by atoms with van der Waals surface area (Å²) in [6.07, 6.45) is 5.72. The maximum Gasteiger partial charge on any atom is 0.181 e. The smallest absolute Gasteiger partial charge is 0.181 e. The first kappa shape index (κ1) is 11.6. The Morgan fingerprint density at radius 3 is 2.47 bits per heavy atom. The van der Waals surface area contributed by atoms with Crippen LogP contribution in [-0.4, -0.2) is 15.0 Å². The molecule has 2 aromatic heterocycles. The first-order valence-corrected chi connectivity index (χ1v) is 6.08. The van der Waals surface area contributed by atoms with Crippen LogP contribution in [0, 0.1) is 6.92 Å². The lowest BCUT2D eigenvalue weighted by Gasteiger charge is -2.01. The van der Waals surface area contributed by atoms with Crippen molar-refractivity contribution < 1.29 is 4.42 Å². The highest BCUT2D eigenvalue weighted by atomic mass is 16.3. The second-order valence-electron chi connectivity index (χ2n) is 4.31. The number of aromatic nitrogens is 3. The zero-order valence-corrected chi connectivity index (χ0v) is 10.6. The Labute approximate surface area is 111 Å². The number of nitrogens with zero attached hydrogens (tertiary/aromatic N) is 3. The zero-order chi connectivity index (χ0) is 13.1. The molecule has 0 fully saturated rings. The van der Waals surface area contributed by atoms with Crippen molar-refractivity contribution >= 4 is 0 Å². The van der Waals surface area contributed by atoms with Gasteiger partial charge in [-0.05, 0) is 12.5 Å². The molecule has 0 unspecified atom stereocenters. The minimum atomic E-state index is 0.737. The van der Waals surface area contributed by atoms with E-state index in [0.717, 1.165) is 29.3 Å².